The number of carbonyl (C=O) groups excluding carboxylic acids is 7. The lowest BCUT2D eigenvalue weighted by Crippen LogP contribution is -2.12. The molecular formula is C16H28O20. The summed E-state index contributed by atoms with van der Waals surface area (Å²) in [6.07, 6.45) is 0. The number of ketones is 4. The number of rotatable bonds is 5. The maximum absolute atomic E-state index is 10.2. The molecule has 0 saturated carbocycles. The van der Waals surface area contributed by atoms with Crippen molar-refractivity contribution in [2.75, 3.05) is 6.61 Å². The number of hydrogen-bond acceptors (Lipinski definition) is 18. The Kier molecular flexibility index (Phi) is 51.9. The SMILES string of the molecule is CC(=O)C(=O)O.CC(=O)C(=O)O.CC(=O)C(=O)OO.CC(=O)OO.CCOC(=O)C(C)=O.OO.OO. The molecule has 0 heterocycles. The molecule has 0 spiro atoms. The molecule has 0 aromatic carbocycles. The Labute approximate surface area is 201 Å². The molecule has 36 heavy (non-hydrogen) atoms. The van der Waals surface area contributed by atoms with Crippen LogP contribution in [0.15, 0.2) is 0 Å². The third kappa shape index (κ3) is 69.9. The maximum atomic E-state index is 10.2. The highest BCUT2D eigenvalue weighted by molar-refractivity contribution is 6.33. The van der Waals surface area contributed by atoms with Crippen molar-refractivity contribution in [2.24, 2.45) is 0 Å². The number of carbonyl (C=O) groups is 9. The molecule has 0 amide bonds. The lowest BCUT2D eigenvalue weighted by Gasteiger charge is -1.93. The summed E-state index contributed by atoms with van der Waals surface area (Å²) in [5.41, 5.74) is 0. The minimum Gasteiger partial charge on any atom is -0.476 e. The summed E-state index contributed by atoms with van der Waals surface area (Å²) in [6.45, 7) is 7.21. The summed E-state index contributed by atoms with van der Waals surface area (Å²) in [5, 5.41) is 54.0. The van der Waals surface area contributed by atoms with E-state index in [1.807, 2.05) is 0 Å². The second-order valence-electron chi connectivity index (χ2n) is 4.52. The Hall–Kier alpha value is -4.21. The van der Waals surface area contributed by atoms with Crippen molar-refractivity contribution in [3.05, 3.63) is 0 Å². The molecule has 20 nitrogen and oxygen atoms in total. The number of carboxylic acids is 2. The molecule has 0 radical (unpaired) electrons. The highest BCUT2D eigenvalue weighted by Gasteiger charge is 2.06. The van der Waals surface area contributed by atoms with Gasteiger partial charge >= 0.3 is 29.8 Å². The summed E-state index contributed by atoms with van der Waals surface area (Å²) in [5.74, 6) is -8.46. The number of hydrogen-bond donors (Lipinski definition) is 8. The van der Waals surface area contributed by atoms with Crippen LogP contribution in [0, 0.1) is 0 Å². The summed E-state index contributed by atoms with van der Waals surface area (Å²) in [6, 6.07) is 0. The van der Waals surface area contributed by atoms with Crippen LogP contribution in [0.1, 0.15) is 41.5 Å². The molecule has 0 bridgehead atoms. The van der Waals surface area contributed by atoms with Gasteiger partial charge in [-0.1, -0.05) is 0 Å². The largest absolute Gasteiger partial charge is 0.476 e. The van der Waals surface area contributed by atoms with Gasteiger partial charge in [-0.3, -0.25) is 45.1 Å². The van der Waals surface area contributed by atoms with Gasteiger partial charge in [0.05, 0.1) is 6.61 Å². The van der Waals surface area contributed by atoms with Crippen molar-refractivity contribution in [1.82, 2.24) is 0 Å². The molecule has 0 saturated heterocycles. The first-order valence-corrected chi connectivity index (χ1v) is 8.16. The topological polar surface area (TPSA) is 343 Å². The number of carboxylic acid groups (broad SMARTS) is 2. The zero-order valence-electron chi connectivity index (χ0n) is 19.7. The second kappa shape index (κ2) is 38.1. The molecule has 0 fully saturated rings. The molecule has 0 aliphatic heterocycles. The van der Waals surface area contributed by atoms with Crippen molar-refractivity contribution in [2.45, 2.75) is 41.5 Å². The van der Waals surface area contributed by atoms with Gasteiger partial charge < -0.3 is 19.8 Å². The molecule has 0 unspecified atom stereocenters. The first kappa shape index (κ1) is 49.0. The normalized spacial score (nSPS) is 7.11. The summed E-state index contributed by atoms with van der Waals surface area (Å²) in [4.78, 5) is 92.9. The van der Waals surface area contributed by atoms with Crippen molar-refractivity contribution < 1.29 is 99.4 Å². The first-order chi connectivity index (χ1) is 16.4. The average Bonchev–Trinajstić information content (AvgIpc) is 2.82. The third-order valence-corrected chi connectivity index (χ3v) is 1.66. The predicted molar refractivity (Wildman–Crippen MR) is 108 cm³/mol. The highest BCUT2D eigenvalue weighted by Crippen LogP contribution is 1.77. The van der Waals surface area contributed by atoms with Crippen molar-refractivity contribution in [3.63, 3.8) is 0 Å². The van der Waals surface area contributed by atoms with E-state index in [9.17, 15) is 43.2 Å². The van der Waals surface area contributed by atoms with Crippen molar-refractivity contribution in [1.29, 1.82) is 0 Å². The van der Waals surface area contributed by atoms with Crippen LogP contribution in [0.5, 0.6) is 0 Å². The van der Waals surface area contributed by atoms with E-state index in [4.69, 9.17) is 41.8 Å². The van der Waals surface area contributed by atoms with Crippen LogP contribution < -0.4 is 0 Å². The lowest BCUT2D eigenvalue weighted by atomic mass is 10.5. The van der Waals surface area contributed by atoms with Crippen LogP contribution in [-0.2, 0) is 57.7 Å². The zero-order chi connectivity index (χ0) is 31.0. The van der Waals surface area contributed by atoms with E-state index in [1.54, 1.807) is 6.92 Å². The molecule has 0 aliphatic carbocycles. The fraction of sp³-hybridized carbons (Fsp3) is 0.438. The van der Waals surface area contributed by atoms with E-state index in [0.29, 0.717) is 0 Å². The molecule has 8 N–H and O–H groups in total. The number of Topliss-reactive ketones (excluding diaryl/α,β-unsaturated/α-hetero) is 4. The van der Waals surface area contributed by atoms with Crippen LogP contribution >= 0.6 is 0 Å². The monoisotopic (exact) mass is 540 g/mol. The molecule has 0 rings (SSSR count). The molecule has 0 atom stereocenters. The van der Waals surface area contributed by atoms with Gasteiger partial charge in [0.15, 0.2) is 0 Å². The van der Waals surface area contributed by atoms with Crippen LogP contribution in [0.25, 0.3) is 0 Å². The van der Waals surface area contributed by atoms with E-state index in [0.717, 1.165) is 27.7 Å². The van der Waals surface area contributed by atoms with Gasteiger partial charge in [-0.25, -0.2) is 24.0 Å². The minimum atomic E-state index is -1.38. The second-order valence-corrected chi connectivity index (χ2v) is 4.52. The standard InChI is InChI=1S/C5H8O3.C3H4O4.2C3H4O3.C2H4O3.2H2O2/c1-3-8-5(7)4(2)6;1-2(4)3(5)7-6;2*1-2(4)3(5)6;1-2(3)5-4;2*1-2/h3H2,1-2H3;6H,1H3;2*1H3,(H,5,6);4H,1H3;2*1-2H. The van der Waals surface area contributed by atoms with Gasteiger partial charge in [-0.05, 0) is 6.92 Å². The number of ether oxygens (including phenoxy) is 1. The summed E-state index contributed by atoms with van der Waals surface area (Å²) < 4.78 is 4.31. The molecule has 0 aliphatic rings. The highest BCUT2D eigenvalue weighted by atomic mass is 17.1. The van der Waals surface area contributed by atoms with Gasteiger partial charge in [-0.2, -0.15) is 10.5 Å². The zero-order valence-corrected chi connectivity index (χ0v) is 19.7. The van der Waals surface area contributed by atoms with E-state index < -0.39 is 53.0 Å². The summed E-state index contributed by atoms with van der Waals surface area (Å²) in [7, 11) is 0. The third-order valence-electron chi connectivity index (χ3n) is 1.66. The Bertz CT molecular complexity index is 631. The Balaban J connectivity index is -0.0000000567. The van der Waals surface area contributed by atoms with E-state index in [2.05, 4.69) is 14.5 Å². The maximum Gasteiger partial charge on any atom is 0.407 e. The molecule has 212 valence electrons. The van der Waals surface area contributed by atoms with Crippen LogP contribution in [-0.4, -0.2) is 101 Å². The lowest BCUT2D eigenvalue weighted by molar-refractivity contribution is -0.231. The molecule has 0 aromatic heterocycles. The fourth-order valence-electron chi connectivity index (χ4n) is 0.297. The molecule has 20 heteroatoms. The first-order valence-electron chi connectivity index (χ1n) is 8.16. The van der Waals surface area contributed by atoms with E-state index in [-0.39, 0.29) is 6.61 Å². The van der Waals surface area contributed by atoms with Gasteiger partial charge in [0, 0.05) is 34.6 Å². The minimum absolute atomic E-state index is 0.262. The van der Waals surface area contributed by atoms with E-state index >= 15 is 0 Å². The van der Waals surface area contributed by atoms with Gasteiger partial charge in [0.1, 0.15) is 0 Å². The Morgan fingerprint density at radius 1 is 0.528 bits per heavy atom. The fourth-order valence-corrected chi connectivity index (χ4v) is 0.297. The Morgan fingerprint density at radius 2 is 0.750 bits per heavy atom. The van der Waals surface area contributed by atoms with Crippen LogP contribution in [0.2, 0.25) is 0 Å². The number of esters is 1. The number of aliphatic carboxylic acids is 2. The van der Waals surface area contributed by atoms with E-state index in [1.165, 1.54) is 6.92 Å². The van der Waals surface area contributed by atoms with Crippen molar-refractivity contribution in [3.8, 4) is 0 Å². The van der Waals surface area contributed by atoms with Gasteiger partial charge in [0.2, 0.25) is 23.1 Å². The van der Waals surface area contributed by atoms with Crippen LogP contribution in [0.3, 0.4) is 0 Å². The molecule has 0 aromatic rings. The van der Waals surface area contributed by atoms with Crippen LogP contribution in [0.4, 0.5) is 0 Å². The van der Waals surface area contributed by atoms with Gasteiger partial charge in [0.25, 0.3) is 0 Å². The quantitative estimate of drug-likeness (QED) is 0.0688. The average molecular weight is 540 g/mol. The predicted octanol–water partition coefficient (Wildman–Crippen LogP) is -0.893. The summed E-state index contributed by atoms with van der Waals surface area (Å²) >= 11 is 0. The Morgan fingerprint density at radius 3 is 0.778 bits per heavy atom. The smallest absolute Gasteiger partial charge is 0.407 e. The van der Waals surface area contributed by atoms with Gasteiger partial charge in [-0.15, -0.1) is 0 Å². The molecular weight excluding hydrogens is 512 g/mol. The van der Waals surface area contributed by atoms with Crippen molar-refractivity contribution >= 4 is 53.0 Å².